The average Bonchev–Trinajstić information content (AvgIpc) is 2.64. The Morgan fingerprint density at radius 1 is 1.08 bits per heavy atom. The molecule has 2 aromatic carbocycles. The lowest BCUT2D eigenvalue weighted by Crippen LogP contribution is -2.41. The van der Waals surface area contributed by atoms with Gasteiger partial charge in [-0.05, 0) is 44.0 Å². The molecule has 2 aromatic rings. The molecule has 1 N–H and O–H groups in total. The standard InChI is InChI=1S/C20H21NO5/c1-12-7-6-8-13(2)18(12)21-19(22)14(3)25-20(23)17-11-24-15-9-4-5-10-16(15)26-17/h4-10,14,17H,11H2,1-3H3,(H,21,22)/t14-,17-/m1/s1. The van der Waals surface area contributed by atoms with E-state index >= 15 is 0 Å². The summed E-state index contributed by atoms with van der Waals surface area (Å²) >= 11 is 0. The molecule has 1 heterocycles. The fraction of sp³-hybridized carbons (Fsp3) is 0.300. The number of aryl methyl sites for hydroxylation is 2. The number of ether oxygens (including phenoxy) is 3. The number of hydrogen-bond acceptors (Lipinski definition) is 5. The maximum absolute atomic E-state index is 12.4. The first-order valence-corrected chi connectivity index (χ1v) is 8.42. The molecular formula is C20H21NO5. The zero-order valence-electron chi connectivity index (χ0n) is 14.9. The molecule has 0 bridgehead atoms. The summed E-state index contributed by atoms with van der Waals surface area (Å²) in [6.45, 7) is 5.38. The summed E-state index contributed by atoms with van der Waals surface area (Å²) in [4.78, 5) is 24.7. The van der Waals surface area contributed by atoms with Gasteiger partial charge in [-0.1, -0.05) is 30.3 Å². The molecule has 2 atom stereocenters. The molecule has 6 nitrogen and oxygen atoms in total. The quantitative estimate of drug-likeness (QED) is 0.854. The molecule has 6 heteroatoms. The van der Waals surface area contributed by atoms with E-state index in [4.69, 9.17) is 14.2 Å². The number of benzene rings is 2. The molecule has 3 rings (SSSR count). The van der Waals surface area contributed by atoms with Crippen LogP contribution in [0.1, 0.15) is 18.1 Å². The van der Waals surface area contributed by atoms with E-state index in [0.29, 0.717) is 11.5 Å². The van der Waals surface area contributed by atoms with Gasteiger partial charge in [0.2, 0.25) is 6.10 Å². The van der Waals surface area contributed by atoms with E-state index in [-0.39, 0.29) is 6.61 Å². The molecule has 0 aliphatic carbocycles. The second kappa shape index (κ2) is 7.47. The first-order chi connectivity index (χ1) is 12.5. The van der Waals surface area contributed by atoms with Crippen molar-refractivity contribution in [3.8, 4) is 11.5 Å². The van der Waals surface area contributed by atoms with E-state index in [1.54, 1.807) is 18.2 Å². The van der Waals surface area contributed by atoms with Crippen molar-refractivity contribution in [3.63, 3.8) is 0 Å². The second-order valence-corrected chi connectivity index (χ2v) is 6.20. The van der Waals surface area contributed by atoms with Gasteiger partial charge in [0, 0.05) is 5.69 Å². The van der Waals surface area contributed by atoms with Crippen LogP contribution in [0.25, 0.3) is 0 Å². The number of rotatable bonds is 4. The lowest BCUT2D eigenvalue weighted by Gasteiger charge is -2.26. The number of para-hydroxylation sites is 3. The largest absolute Gasteiger partial charge is 0.485 e. The van der Waals surface area contributed by atoms with E-state index in [1.165, 1.54) is 6.92 Å². The lowest BCUT2D eigenvalue weighted by atomic mass is 10.1. The van der Waals surface area contributed by atoms with E-state index in [0.717, 1.165) is 16.8 Å². The Morgan fingerprint density at radius 3 is 2.42 bits per heavy atom. The molecule has 1 amide bonds. The highest BCUT2D eigenvalue weighted by atomic mass is 16.6. The van der Waals surface area contributed by atoms with Crippen molar-refractivity contribution in [2.45, 2.75) is 33.0 Å². The molecule has 136 valence electrons. The maximum Gasteiger partial charge on any atom is 0.351 e. The van der Waals surface area contributed by atoms with Crippen molar-refractivity contribution in [3.05, 3.63) is 53.6 Å². The lowest BCUT2D eigenvalue weighted by molar-refractivity contribution is -0.162. The van der Waals surface area contributed by atoms with Crippen LogP contribution in [-0.4, -0.2) is 30.7 Å². The fourth-order valence-electron chi connectivity index (χ4n) is 2.68. The van der Waals surface area contributed by atoms with Gasteiger partial charge in [-0.25, -0.2) is 4.79 Å². The van der Waals surface area contributed by atoms with Crippen LogP contribution in [0, 0.1) is 13.8 Å². The summed E-state index contributed by atoms with van der Waals surface area (Å²) in [6, 6.07) is 12.8. The van der Waals surface area contributed by atoms with E-state index in [1.807, 2.05) is 38.1 Å². The van der Waals surface area contributed by atoms with Crippen molar-refractivity contribution in [2.75, 3.05) is 11.9 Å². The van der Waals surface area contributed by atoms with Crippen molar-refractivity contribution in [2.24, 2.45) is 0 Å². The van der Waals surface area contributed by atoms with E-state index < -0.39 is 24.1 Å². The minimum atomic E-state index is -0.956. The van der Waals surface area contributed by atoms with Crippen LogP contribution in [0.4, 0.5) is 5.69 Å². The SMILES string of the molecule is Cc1cccc(C)c1NC(=O)[C@@H](C)OC(=O)[C@H]1COc2ccccc2O1. The second-order valence-electron chi connectivity index (χ2n) is 6.20. The van der Waals surface area contributed by atoms with Crippen LogP contribution in [0.2, 0.25) is 0 Å². The number of carbonyl (C=O) groups is 2. The Morgan fingerprint density at radius 2 is 1.73 bits per heavy atom. The first-order valence-electron chi connectivity index (χ1n) is 8.42. The fourth-order valence-corrected chi connectivity index (χ4v) is 2.68. The van der Waals surface area contributed by atoms with Crippen molar-refractivity contribution in [1.29, 1.82) is 0 Å². The summed E-state index contributed by atoms with van der Waals surface area (Å²) in [7, 11) is 0. The van der Waals surface area contributed by atoms with Gasteiger partial charge < -0.3 is 19.5 Å². The topological polar surface area (TPSA) is 73.9 Å². The Labute approximate surface area is 152 Å². The summed E-state index contributed by atoms with van der Waals surface area (Å²) in [5, 5.41) is 2.81. The highest BCUT2D eigenvalue weighted by Crippen LogP contribution is 2.31. The summed E-state index contributed by atoms with van der Waals surface area (Å²) < 4.78 is 16.4. The normalized spacial score (nSPS) is 16.5. The van der Waals surface area contributed by atoms with E-state index in [9.17, 15) is 9.59 Å². The number of amides is 1. The van der Waals surface area contributed by atoms with Gasteiger partial charge in [-0.3, -0.25) is 4.79 Å². The predicted molar refractivity (Wildman–Crippen MR) is 96.5 cm³/mol. The maximum atomic E-state index is 12.4. The molecule has 26 heavy (non-hydrogen) atoms. The Hall–Kier alpha value is -3.02. The molecule has 0 unspecified atom stereocenters. The Kier molecular flexibility index (Phi) is 5.11. The van der Waals surface area contributed by atoms with Crippen LogP contribution >= 0.6 is 0 Å². The zero-order chi connectivity index (χ0) is 18.7. The van der Waals surface area contributed by atoms with Gasteiger partial charge in [0.25, 0.3) is 5.91 Å². The van der Waals surface area contributed by atoms with Crippen LogP contribution in [0.3, 0.4) is 0 Å². The van der Waals surface area contributed by atoms with Crippen LogP contribution in [0.5, 0.6) is 11.5 Å². The number of carbonyl (C=O) groups excluding carboxylic acids is 2. The Bertz CT molecular complexity index is 812. The van der Waals surface area contributed by atoms with Gasteiger partial charge in [-0.15, -0.1) is 0 Å². The molecule has 0 spiro atoms. The first kappa shape index (κ1) is 17.8. The van der Waals surface area contributed by atoms with Gasteiger partial charge in [0.1, 0.15) is 6.61 Å². The molecule has 0 aromatic heterocycles. The summed E-state index contributed by atoms with van der Waals surface area (Å²) in [5.74, 6) is 0.0299. The van der Waals surface area contributed by atoms with Crippen LogP contribution in [0.15, 0.2) is 42.5 Å². The van der Waals surface area contributed by atoms with Crippen molar-refractivity contribution >= 4 is 17.6 Å². The number of anilines is 1. The van der Waals surface area contributed by atoms with Crippen LogP contribution < -0.4 is 14.8 Å². The van der Waals surface area contributed by atoms with E-state index in [2.05, 4.69) is 5.32 Å². The van der Waals surface area contributed by atoms with Gasteiger partial charge in [-0.2, -0.15) is 0 Å². The third-order valence-electron chi connectivity index (χ3n) is 4.16. The molecule has 0 saturated heterocycles. The molecular weight excluding hydrogens is 334 g/mol. The zero-order valence-corrected chi connectivity index (χ0v) is 14.9. The number of hydrogen-bond donors (Lipinski definition) is 1. The molecule has 0 saturated carbocycles. The van der Waals surface area contributed by atoms with Gasteiger partial charge in [0.05, 0.1) is 0 Å². The highest BCUT2D eigenvalue weighted by Gasteiger charge is 2.31. The van der Waals surface area contributed by atoms with Gasteiger partial charge in [0.15, 0.2) is 17.6 Å². The third-order valence-corrected chi connectivity index (χ3v) is 4.16. The Balaban J connectivity index is 1.60. The molecule has 1 aliphatic heterocycles. The molecule has 1 aliphatic rings. The summed E-state index contributed by atoms with van der Waals surface area (Å²) in [5.41, 5.74) is 2.61. The van der Waals surface area contributed by atoms with Crippen molar-refractivity contribution < 1.29 is 23.8 Å². The monoisotopic (exact) mass is 355 g/mol. The average molecular weight is 355 g/mol. The minimum Gasteiger partial charge on any atom is -0.485 e. The predicted octanol–water partition coefficient (Wildman–Crippen LogP) is 3.01. The number of esters is 1. The smallest absolute Gasteiger partial charge is 0.351 e. The highest BCUT2D eigenvalue weighted by molar-refractivity contribution is 5.96. The number of nitrogens with one attached hydrogen (secondary N) is 1. The summed E-state index contributed by atoms with van der Waals surface area (Å²) in [6.07, 6.45) is -1.86. The molecule has 0 fully saturated rings. The van der Waals surface area contributed by atoms with Crippen molar-refractivity contribution in [1.82, 2.24) is 0 Å². The third kappa shape index (κ3) is 3.79. The molecule has 0 radical (unpaired) electrons. The minimum absolute atomic E-state index is 0.0427. The van der Waals surface area contributed by atoms with Crippen LogP contribution in [-0.2, 0) is 14.3 Å². The number of fused-ring (bicyclic) bond motifs is 1. The van der Waals surface area contributed by atoms with Gasteiger partial charge >= 0.3 is 5.97 Å².